The predicted octanol–water partition coefficient (Wildman–Crippen LogP) is 2.02. The van der Waals surface area contributed by atoms with E-state index in [1.807, 2.05) is 30.3 Å². The summed E-state index contributed by atoms with van der Waals surface area (Å²) in [7, 11) is 0. The third-order valence-electron chi connectivity index (χ3n) is 3.39. The minimum atomic E-state index is -0.0515. The van der Waals surface area contributed by atoms with E-state index in [4.69, 9.17) is 4.74 Å². The van der Waals surface area contributed by atoms with Gasteiger partial charge in [0.05, 0.1) is 13.2 Å². The van der Waals surface area contributed by atoms with Gasteiger partial charge in [-0.1, -0.05) is 24.3 Å². The third-order valence-corrected chi connectivity index (χ3v) is 3.39. The van der Waals surface area contributed by atoms with Crippen LogP contribution >= 0.6 is 0 Å². The van der Waals surface area contributed by atoms with Crippen LogP contribution in [0.2, 0.25) is 0 Å². The van der Waals surface area contributed by atoms with Crippen molar-refractivity contribution in [3.63, 3.8) is 0 Å². The van der Waals surface area contributed by atoms with E-state index >= 15 is 0 Å². The topological polar surface area (TPSA) is 49.8 Å². The summed E-state index contributed by atoms with van der Waals surface area (Å²) >= 11 is 0. The Balaban J connectivity index is 1.98. The number of carbonyl (C=O) groups excluding carboxylic acids is 1. The van der Waals surface area contributed by atoms with Crippen LogP contribution in [0.15, 0.2) is 36.4 Å². The van der Waals surface area contributed by atoms with E-state index in [1.54, 1.807) is 11.0 Å². The highest BCUT2D eigenvalue weighted by Crippen LogP contribution is 2.27. The van der Waals surface area contributed by atoms with Crippen LogP contribution in [0.1, 0.15) is 10.4 Å². The predicted molar refractivity (Wildman–Crippen MR) is 72.3 cm³/mol. The summed E-state index contributed by atoms with van der Waals surface area (Å²) in [5.41, 5.74) is 0.526. The molecule has 1 fully saturated rings. The lowest BCUT2D eigenvalue weighted by atomic mass is 10.0. The highest BCUT2D eigenvalue weighted by atomic mass is 16.5. The minimum Gasteiger partial charge on any atom is -0.507 e. The zero-order valence-corrected chi connectivity index (χ0v) is 10.5. The Bertz CT molecular complexity index is 618. The Morgan fingerprint density at radius 1 is 1.16 bits per heavy atom. The zero-order valence-electron chi connectivity index (χ0n) is 10.5. The van der Waals surface area contributed by atoms with Crippen molar-refractivity contribution in [2.24, 2.45) is 0 Å². The van der Waals surface area contributed by atoms with Gasteiger partial charge < -0.3 is 14.7 Å². The van der Waals surface area contributed by atoms with E-state index in [0.29, 0.717) is 31.9 Å². The van der Waals surface area contributed by atoms with Crippen molar-refractivity contribution in [3.8, 4) is 5.75 Å². The van der Waals surface area contributed by atoms with Crippen LogP contribution < -0.4 is 0 Å². The molecule has 0 spiro atoms. The van der Waals surface area contributed by atoms with Gasteiger partial charge in [0.1, 0.15) is 5.75 Å². The van der Waals surface area contributed by atoms with Crippen molar-refractivity contribution >= 4 is 16.7 Å². The minimum absolute atomic E-state index is 0.0515. The molecule has 1 aliphatic rings. The molecule has 1 aliphatic heterocycles. The molecule has 1 heterocycles. The van der Waals surface area contributed by atoms with Crippen LogP contribution in [0.25, 0.3) is 10.8 Å². The number of fused-ring (bicyclic) bond motifs is 1. The smallest absolute Gasteiger partial charge is 0.254 e. The average Bonchev–Trinajstić information content (AvgIpc) is 2.47. The Hall–Kier alpha value is -2.07. The number of ether oxygens (including phenoxy) is 1. The third kappa shape index (κ3) is 2.27. The van der Waals surface area contributed by atoms with Crippen LogP contribution in [0.5, 0.6) is 5.75 Å². The van der Waals surface area contributed by atoms with Crippen LogP contribution in [0, 0.1) is 0 Å². The summed E-state index contributed by atoms with van der Waals surface area (Å²) in [6.07, 6.45) is 0. The maximum absolute atomic E-state index is 12.4. The van der Waals surface area contributed by atoms with E-state index in [0.717, 1.165) is 10.8 Å². The van der Waals surface area contributed by atoms with Crippen molar-refractivity contribution in [1.29, 1.82) is 0 Å². The summed E-state index contributed by atoms with van der Waals surface area (Å²) in [5.74, 6) is 0.0964. The van der Waals surface area contributed by atoms with E-state index in [1.165, 1.54) is 0 Å². The lowest BCUT2D eigenvalue weighted by Gasteiger charge is -2.27. The molecule has 19 heavy (non-hydrogen) atoms. The molecular weight excluding hydrogens is 242 g/mol. The van der Waals surface area contributed by atoms with Crippen molar-refractivity contribution < 1.29 is 14.6 Å². The molecule has 0 atom stereocenters. The van der Waals surface area contributed by atoms with Gasteiger partial charge in [-0.05, 0) is 17.5 Å². The lowest BCUT2D eigenvalue weighted by Crippen LogP contribution is -2.40. The fourth-order valence-corrected chi connectivity index (χ4v) is 2.36. The number of hydrogen-bond donors (Lipinski definition) is 1. The van der Waals surface area contributed by atoms with Gasteiger partial charge in [0.15, 0.2) is 0 Å². The number of benzene rings is 2. The first kappa shape index (κ1) is 12.0. The molecule has 1 amide bonds. The number of rotatable bonds is 1. The van der Waals surface area contributed by atoms with Gasteiger partial charge in [0.25, 0.3) is 5.91 Å². The summed E-state index contributed by atoms with van der Waals surface area (Å²) in [4.78, 5) is 14.1. The first-order valence-corrected chi connectivity index (χ1v) is 6.34. The van der Waals surface area contributed by atoms with E-state index < -0.39 is 0 Å². The summed E-state index contributed by atoms with van der Waals surface area (Å²) in [5, 5.41) is 11.6. The number of aromatic hydroxyl groups is 1. The zero-order chi connectivity index (χ0) is 13.2. The second kappa shape index (κ2) is 4.90. The summed E-state index contributed by atoms with van der Waals surface area (Å²) in [6, 6.07) is 10.9. The molecule has 0 aliphatic carbocycles. The molecule has 0 unspecified atom stereocenters. The van der Waals surface area contributed by atoms with E-state index in [-0.39, 0.29) is 11.7 Å². The second-order valence-electron chi connectivity index (χ2n) is 4.62. The summed E-state index contributed by atoms with van der Waals surface area (Å²) < 4.78 is 5.24. The van der Waals surface area contributed by atoms with Gasteiger partial charge >= 0.3 is 0 Å². The summed E-state index contributed by atoms with van der Waals surface area (Å²) in [6.45, 7) is 2.36. The highest BCUT2D eigenvalue weighted by molar-refractivity contribution is 6.00. The maximum Gasteiger partial charge on any atom is 0.254 e. The van der Waals surface area contributed by atoms with Gasteiger partial charge in [-0.2, -0.15) is 0 Å². The van der Waals surface area contributed by atoms with Gasteiger partial charge in [-0.3, -0.25) is 4.79 Å². The first-order chi connectivity index (χ1) is 9.25. The number of amides is 1. The molecule has 4 heteroatoms. The molecule has 0 radical (unpaired) electrons. The van der Waals surface area contributed by atoms with Crippen LogP contribution in [0.4, 0.5) is 0 Å². The maximum atomic E-state index is 12.4. The molecule has 4 nitrogen and oxygen atoms in total. The molecular formula is C15H15NO3. The SMILES string of the molecule is O=C(c1cc(O)c2ccccc2c1)N1CCOCC1. The van der Waals surface area contributed by atoms with Crippen molar-refractivity contribution in [3.05, 3.63) is 42.0 Å². The molecule has 3 rings (SSSR count). The number of carbonyl (C=O) groups is 1. The monoisotopic (exact) mass is 257 g/mol. The standard InChI is InChI=1S/C15H15NO3/c17-14-10-12(9-11-3-1-2-4-13(11)14)15(18)16-5-7-19-8-6-16/h1-4,9-10,17H,5-8H2. The molecule has 2 aromatic carbocycles. The molecule has 0 aromatic heterocycles. The fourth-order valence-electron chi connectivity index (χ4n) is 2.36. The van der Waals surface area contributed by atoms with Gasteiger partial charge in [0.2, 0.25) is 0 Å². The lowest BCUT2D eigenvalue weighted by molar-refractivity contribution is 0.0303. The Kier molecular flexibility index (Phi) is 3.09. The number of hydrogen-bond acceptors (Lipinski definition) is 3. The van der Waals surface area contributed by atoms with Gasteiger partial charge in [0, 0.05) is 24.0 Å². The number of phenolic OH excluding ortho intramolecular Hbond substituents is 1. The van der Waals surface area contributed by atoms with Crippen molar-refractivity contribution in [1.82, 2.24) is 4.90 Å². The van der Waals surface area contributed by atoms with E-state index in [2.05, 4.69) is 0 Å². The first-order valence-electron chi connectivity index (χ1n) is 6.34. The van der Waals surface area contributed by atoms with Crippen LogP contribution in [0.3, 0.4) is 0 Å². The molecule has 1 saturated heterocycles. The Morgan fingerprint density at radius 2 is 1.89 bits per heavy atom. The molecule has 2 aromatic rings. The van der Waals surface area contributed by atoms with Crippen LogP contribution in [-0.2, 0) is 4.74 Å². The molecule has 0 saturated carbocycles. The average molecular weight is 257 g/mol. The Labute approximate surface area is 111 Å². The van der Waals surface area contributed by atoms with Gasteiger partial charge in [-0.15, -0.1) is 0 Å². The molecule has 0 bridgehead atoms. The van der Waals surface area contributed by atoms with Crippen molar-refractivity contribution in [2.45, 2.75) is 0 Å². The Morgan fingerprint density at radius 3 is 2.68 bits per heavy atom. The number of nitrogens with zero attached hydrogens (tertiary/aromatic N) is 1. The van der Waals surface area contributed by atoms with Crippen LogP contribution in [-0.4, -0.2) is 42.2 Å². The highest BCUT2D eigenvalue weighted by Gasteiger charge is 2.19. The van der Waals surface area contributed by atoms with Gasteiger partial charge in [-0.25, -0.2) is 0 Å². The molecule has 98 valence electrons. The fraction of sp³-hybridized carbons (Fsp3) is 0.267. The quantitative estimate of drug-likeness (QED) is 0.850. The van der Waals surface area contributed by atoms with E-state index in [9.17, 15) is 9.90 Å². The second-order valence-corrected chi connectivity index (χ2v) is 4.62. The largest absolute Gasteiger partial charge is 0.507 e. The molecule has 1 N–H and O–H groups in total. The normalized spacial score (nSPS) is 15.7. The number of phenols is 1. The van der Waals surface area contributed by atoms with Crippen molar-refractivity contribution in [2.75, 3.05) is 26.3 Å². The number of morpholine rings is 1.